The molecule has 56 valence electrons. The molecule has 0 aliphatic rings. The van der Waals surface area contributed by atoms with Crippen LogP contribution < -0.4 is 0 Å². The lowest BCUT2D eigenvalue weighted by Gasteiger charge is -2.04. The highest BCUT2D eigenvalue weighted by molar-refractivity contribution is 7.99. The van der Waals surface area contributed by atoms with Crippen molar-refractivity contribution in [1.29, 1.82) is 0 Å². The molecule has 0 fully saturated rings. The first-order valence-corrected chi connectivity index (χ1v) is 4.58. The van der Waals surface area contributed by atoms with Crippen LogP contribution in [0.3, 0.4) is 0 Å². The number of hydrogen-bond acceptors (Lipinski definition) is 2. The van der Waals surface area contributed by atoms with Crippen LogP contribution in [-0.2, 0) is 0 Å². The fraction of sp³-hybridized carbons (Fsp3) is 1.00. The van der Waals surface area contributed by atoms with Crippen molar-refractivity contribution in [2.24, 2.45) is 0 Å². The predicted octanol–water partition coefficient (Wildman–Crippen LogP) is 1.90. The van der Waals surface area contributed by atoms with E-state index in [9.17, 15) is 0 Å². The Labute approximate surface area is 61.8 Å². The van der Waals surface area contributed by atoms with E-state index in [0.29, 0.717) is 11.9 Å². The van der Waals surface area contributed by atoms with Crippen molar-refractivity contribution in [2.75, 3.05) is 12.4 Å². The molecular weight excluding hydrogens is 132 g/mol. The van der Waals surface area contributed by atoms with Gasteiger partial charge in [-0.2, -0.15) is 11.8 Å². The van der Waals surface area contributed by atoms with Gasteiger partial charge in [0.15, 0.2) is 0 Å². The van der Waals surface area contributed by atoms with Gasteiger partial charge in [0.1, 0.15) is 0 Å². The standard InChI is InChI=1S/C7H16OS/c1-3-4-5-9-7(2)6-8/h7-8H,3-6H2,1-2H3. The minimum atomic E-state index is 0.314. The third-order valence-corrected chi connectivity index (χ3v) is 2.40. The summed E-state index contributed by atoms with van der Waals surface area (Å²) in [6.07, 6.45) is 2.53. The minimum Gasteiger partial charge on any atom is -0.395 e. The van der Waals surface area contributed by atoms with Crippen LogP contribution in [-0.4, -0.2) is 22.7 Å². The highest BCUT2D eigenvalue weighted by atomic mass is 32.2. The lowest BCUT2D eigenvalue weighted by molar-refractivity contribution is 0.300. The first-order valence-electron chi connectivity index (χ1n) is 3.53. The lowest BCUT2D eigenvalue weighted by Crippen LogP contribution is -2.02. The molecule has 0 saturated heterocycles. The van der Waals surface area contributed by atoms with Gasteiger partial charge in [-0.3, -0.25) is 0 Å². The number of thioether (sulfide) groups is 1. The Morgan fingerprint density at radius 1 is 1.56 bits per heavy atom. The normalized spacial score (nSPS) is 13.7. The molecule has 9 heavy (non-hydrogen) atoms. The van der Waals surface area contributed by atoms with Crippen LogP contribution in [0.5, 0.6) is 0 Å². The van der Waals surface area contributed by atoms with Gasteiger partial charge < -0.3 is 5.11 Å². The Bertz CT molecular complexity index is 56.9. The van der Waals surface area contributed by atoms with E-state index in [2.05, 4.69) is 13.8 Å². The summed E-state index contributed by atoms with van der Waals surface area (Å²) in [4.78, 5) is 0. The molecule has 0 spiro atoms. The molecule has 0 heterocycles. The third-order valence-electron chi connectivity index (χ3n) is 1.16. The van der Waals surface area contributed by atoms with Gasteiger partial charge in [-0.1, -0.05) is 20.3 Å². The molecule has 1 nitrogen and oxygen atoms in total. The second kappa shape index (κ2) is 6.43. The van der Waals surface area contributed by atoms with E-state index in [1.807, 2.05) is 11.8 Å². The molecule has 1 atom stereocenters. The van der Waals surface area contributed by atoms with Gasteiger partial charge in [-0.25, -0.2) is 0 Å². The first-order chi connectivity index (χ1) is 4.31. The molecule has 2 heteroatoms. The molecule has 0 amide bonds. The third kappa shape index (κ3) is 6.19. The molecule has 0 aromatic rings. The number of aliphatic hydroxyl groups is 1. The van der Waals surface area contributed by atoms with Crippen LogP contribution in [0.2, 0.25) is 0 Å². The first kappa shape index (κ1) is 9.31. The summed E-state index contributed by atoms with van der Waals surface area (Å²) in [5.41, 5.74) is 0. The van der Waals surface area contributed by atoms with Crippen LogP contribution in [0.4, 0.5) is 0 Å². The van der Waals surface area contributed by atoms with Crippen molar-refractivity contribution in [3.8, 4) is 0 Å². The summed E-state index contributed by atoms with van der Waals surface area (Å²) in [6.45, 7) is 4.55. The van der Waals surface area contributed by atoms with Gasteiger partial charge in [0.05, 0.1) is 6.61 Å². The smallest absolute Gasteiger partial charge is 0.0547 e. The van der Waals surface area contributed by atoms with E-state index in [0.717, 1.165) is 0 Å². The predicted molar refractivity (Wildman–Crippen MR) is 43.9 cm³/mol. The number of hydrogen-bond donors (Lipinski definition) is 1. The van der Waals surface area contributed by atoms with Gasteiger partial charge in [0, 0.05) is 5.25 Å². The highest BCUT2D eigenvalue weighted by Crippen LogP contribution is 2.10. The molecule has 0 aliphatic heterocycles. The number of rotatable bonds is 5. The molecule has 0 aliphatic carbocycles. The second-order valence-corrected chi connectivity index (χ2v) is 3.76. The summed E-state index contributed by atoms with van der Waals surface area (Å²) in [5, 5.41) is 9.04. The van der Waals surface area contributed by atoms with E-state index < -0.39 is 0 Å². The lowest BCUT2D eigenvalue weighted by atomic mass is 10.4. The Morgan fingerprint density at radius 3 is 2.67 bits per heavy atom. The molecule has 0 bridgehead atoms. The fourth-order valence-corrected chi connectivity index (χ4v) is 1.44. The Hall–Kier alpha value is 0.310. The van der Waals surface area contributed by atoms with Crippen LogP contribution >= 0.6 is 11.8 Å². The van der Waals surface area contributed by atoms with E-state index >= 15 is 0 Å². The average molecular weight is 148 g/mol. The van der Waals surface area contributed by atoms with Crippen molar-refractivity contribution >= 4 is 11.8 Å². The maximum absolute atomic E-state index is 8.61. The maximum Gasteiger partial charge on any atom is 0.0547 e. The molecule has 0 aromatic carbocycles. The van der Waals surface area contributed by atoms with Crippen LogP contribution in [0, 0.1) is 0 Å². The largest absolute Gasteiger partial charge is 0.395 e. The quantitative estimate of drug-likeness (QED) is 0.601. The number of unbranched alkanes of at least 4 members (excludes halogenated alkanes) is 1. The van der Waals surface area contributed by atoms with E-state index in [4.69, 9.17) is 5.11 Å². The van der Waals surface area contributed by atoms with Gasteiger partial charge >= 0.3 is 0 Å². The van der Waals surface area contributed by atoms with Gasteiger partial charge in [0.2, 0.25) is 0 Å². The van der Waals surface area contributed by atoms with Crippen molar-refractivity contribution in [1.82, 2.24) is 0 Å². The van der Waals surface area contributed by atoms with Crippen LogP contribution in [0.1, 0.15) is 26.7 Å². The zero-order valence-corrected chi connectivity index (χ0v) is 7.08. The zero-order chi connectivity index (χ0) is 7.11. The Balaban J connectivity index is 2.88. The van der Waals surface area contributed by atoms with E-state index in [1.54, 1.807) is 0 Å². The zero-order valence-electron chi connectivity index (χ0n) is 6.26. The average Bonchev–Trinajstić information content (AvgIpc) is 1.89. The van der Waals surface area contributed by atoms with Crippen LogP contribution in [0.15, 0.2) is 0 Å². The van der Waals surface area contributed by atoms with Crippen molar-refractivity contribution in [3.63, 3.8) is 0 Å². The molecular formula is C7H16OS. The molecule has 0 saturated carbocycles. The monoisotopic (exact) mass is 148 g/mol. The maximum atomic E-state index is 8.61. The Kier molecular flexibility index (Phi) is 6.65. The Morgan fingerprint density at radius 2 is 2.22 bits per heavy atom. The SMILES string of the molecule is CCCCSC(C)CO. The van der Waals surface area contributed by atoms with Gasteiger partial charge in [0.25, 0.3) is 0 Å². The topological polar surface area (TPSA) is 20.2 Å². The number of aliphatic hydroxyl groups excluding tert-OH is 1. The summed E-state index contributed by atoms with van der Waals surface area (Å²) in [7, 11) is 0. The molecule has 0 rings (SSSR count). The minimum absolute atomic E-state index is 0.314. The van der Waals surface area contributed by atoms with E-state index in [1.165, 1.54) is 18.6 Å². The van der Waals surface area contributed by atoms with Crippen molar-refractivity contribution in [2.45, 2.75) is 31.9 Å². The van der Waals surface area contributed by atoms with Gasteiger partial charge in [-0.15, -0.1) is 0 Å². The highest BCUT2D eigenvalue weighted by Gasteiger charge is 1.97. The van der Waals surface area contributed by atoms with Crippen LogP contribution in [0.25, 0.3) is 0 Å². The van der Waals surface area contributed by atoms with Crippen molar-refractivity contribution < 1.29 is 5.11 Å². The fourth-order valence-electron chi connectivity index (χ4n) is 0.482. The summed E-state index contributed by atoms with van der Waals surface area (Å²) >= 11 is 1.85. The van der Waals surface area contributed by atoms with Gasteiger partial charge in [-0.05, 0) is 12.2 Å². The summed E-state index contributed by atoms with van der Waals surface area (Å²) in [6, 6.07) is 0. The van der Waals surface area contributed by atoms with Crippen molar-refractivity contribution in [3.05, 3.63) is 0 Å². The summed E-state index contributed by atoms with van der Waals surface area (Å²) in [5.74, 6) is 1.19. The second-order valence-electron chi connectivity index (χ2n) is 2.22. The van der Waals surface area contributed by atoms with E-state index in [-0.39, 0.29) is 0 Å². The molecule has 1 N–H and O–H groups in total. The molecule has 0 radical (unpaired) electrons. The summed E-state index contributed by atoms with van der Waals surface area (Å²) < 4.78 is 0. The molecule has 1 unspecified atom stereocenters. The molecule has 0 aromatic heterocycles.